The van der Waals surface area contributed by atoms with Gasteiger partial charge in [-0.05, 0) is 19.1 Å². The Morgan fingerprint density at radius 2 is 2.35 bits per heavy atom. The van der Waals surface area contributed by atoms with Crippen LogP contribution in [0.15, 0.2) is 17.4 Å². The summed E-state index contributed by atoms with van der Waals surface area (Å²) in [5.41, 5.74) is 0. The van der Waals surface area contributed by atoms with Gasteiger partial charge in [0, 0.05) is 12.6 Å². The van der Waals surface area contributed by atoms with E-state index in [0.717, 1.165) is 23.8 Å². The van der Waals surface area contributed by atoms with Gasteiger partial charge in [0.1, 0.15) is 17.2 Å². The fourth-order valence-electron chi connectivity index (χ4n) is 1.30. The molecule has 0 fully saturated rings. The molecular weight excluding hydrogens is 238 g/mol. The SMILES string of the molecule is CSc1cc(NCCCC(C)C(=O)O)ncn1. The van der Waals surface area contributed by atoms with Gasteiger partial charge in [-0.25, -0.2) is 9.97 Å². The molecule has 0 aliphatic carbocycles. The lowest BCUT2D eigenvalue weighted by molar-refractivity contribution is -0.141. The standard InChI is InChI=1S/C11H17N3O2S/c1-8(11(15)16)4-3-5-12-9-6-10(17-2)14-7-13-9/h6-8H,3-5H2,1-2H3,(H,15,16)(H,12,13,14). The molecule has 1 atom stereocenters. The van der Waals surface area contributed by atoms with E-state index in [1.165, 1.54) is 6.33 Å². The summed E-state index contributed by atoms with van der Waals surface area (Å²) in [6, 6.07) is 1.88. The molecule has 17 heavy (non-hydrogen) atoms. The molecule has 2 N–H and O–H groups in total. The summed E-state index contributed by atoms with van der Waals surface area (Å²) in [7, 11) is 0. The number of rotatable bonds is 7. The highest BCUT2D eigenvalue weighted by atomic mass is 32.2. The number of carboxylic acid groups (broad SMARTS) is 1. The smallest absolute Gasteiger partial charge is 0.306 e. The van der Waals surface area contributed by atoms with Crippen LogP contribution in [0.4, 0.5) is 5.82 Å². The maximum Gasteiger partial charge on any atom is 0.306 e. The highest BCUT2D eigenvalue weighted by Gasteiger charge is 2.09. The van der Waals surface area contributed by atoms with Crippen molar-refractivity contribution in [1.29, 1.82) is 0 Å². The van der Waals surface area contributed by atoms with Crippen LogP contribution in [0.2, 0.25) is 0 Å². The van der Waals surface area contributed by atoms with E-state index in [9.17, 15) is 4.79 Å². The summed E-state index contributed by atoms with van der Waals surface area (Å²) in [5.74, 6) is -0.243. The van der Waals surface area contributed by atoms with Crippen molar-refractivity contribution >= 4 is 23.5 Å². The zero-order valence-corrected chi connectivity index (χ0v) is 10.8. The van der Waals surface area contributed by atoms with Crippen LogP contribution in [-0.4, -0.2) is 33.8 Å². The molecule has 0 bridgehead atoms. The Morgan fingerprint density at radius 3 is 3.00 bits per heavy atom. The number of hydrogen-bond acceptors (Lipinski definition) is 5. The van der Waals surface area contributed by atoms with Crippen LogP contribution in [0.3, 0.4) is 0 Å². The number of nitrogens with one attached hydrogen (secondary N) is 1. The van der Waals surface area contributed by atoms with Gasteiger partial charge in [0.15, 0.2) is 0 Å². The summed E-state index contributed by atoms with van der Waals surface area (Å²) in [5, 5.41) is 12.8. The minimum Gasteiger partial charge on any atom is -0.481 e. The molecule has 1 heterocycles. The largest absolute Gasteiger partial charge is 0.481 e. The highest BCUT2D eigenvalue weighted by Crippen LogP contribution is 2.14. The fraction of sp³-hybridized carbons (Fsp3) is 0.545. The first-order valence-electron chi connectivity index (χ1n) is 5.46. The Bertz CT molecular complexity index is 373. The average molecular weight is 255 g/mol. The lowest BCUT2D eigenvalue weighted by Crippen LogP contribution is -2.12. The Hall–Kier alpha value is -1.30. The van der Waals surface area contributed by atoms with Crippen molar-refractivity contribution in [2.75, 3.05) is 18.1 Å². The van der Waals surface area contributed by atoms with E-state index in [1.807, 2.05) is 12.3 Å². The molecule has 0 saturated carbocycles. The summed E-state index contributed by atoms with van der Waals surface area (Å²) in [6.45, 7) is 2.45. The topological polar surface area (TPSA) is 75.1 Å². The molecule has 0 aliphatic rings. The van der Waals surface area contributed by atoms with Crippen LogP contribution in [0.25, 0.3) is 0 Å². The van der Waals surface area contributed by atoms with Crippen LogP contribution in [0.1, 0.15) is 19.8 Å². The summed E-state index contributed by atoms with van der Waals surface area (Å²) in [6.07, 6.45) is 4.96. The second kappa shape index (κ2) is 7.11. The number of carboxylic acids is 1. The monoisotopic (exact) mass is 255 g/mol. The number of nitrogens with zero attached hydrogens (tertiary/aromatic N) is 2. The molecule has 5 nitrogen and oxygen atoms in total. The maximum absolute atomic E-state index is 10.6. The van der Waals surface area contributed by atoms with Gasteiger partial charge in [0.2, 0.25) is 0 Å². The molecule has 6 heteroatoms. The minimum absolute atomic E-state index is 0.288. The van der Waals surface area contributed by atoms with E-state index in [0.29, 0.717) is 6.42 Å². The molecule has 0 spiro atoms. The first kappa shape index (κ1) is 13.8. The minimum atomic E-state index is -0.739. The molecule has 1 aromatic rings. The van der Waals surface area contributed by atoms with Crippen LogP contribution >= 0.6 is 11.8 Å². The Balaban J connectivity index is 2.28. The van der Waals surface area contributed by atoms with Crippen LogP contribution in [0.5, 0.6) is 0 Å². The van der Waals surface area contributed by atoms with E-state index >= 15 is 0 Å². The second-order valence-corrected chi connectivity index (χ2v) is 4.58. The second-order valence-electron chi connectivity index (χ2n) is 3.75. The first-order chi connectivity index (χ1) is 8.13. The van der Waals surface area contributed by atoms with Crippen LogP contribution in [0, 0.1) is 5.92 Å². The van der Waals surface area contributed by atoms with Crippen molar-refractivity contribution < 1.29 is 9.90 Å². The molecule has 0 aromatic carbocycles. The van der Waals surface area contributed by atoms with E-state index in [1.54, 1.807) is 18.7 Å². The number of aliphatic carboxylic acids is 1. The zero-order valence-electron chi connectivity index (χ0n) is 10.0. The highest BCUT2D eigenvalue weighted by molar-refractivity contribution is 7.98. The molecule has 1 rings (SSSR count). The number of hydrogen-bond donors (Lipinski definition) is 2. The molecule has 94 valence electrons. The van der Waals surface area contributed by atoms with E-state index in [2.05, 4.69) is 15.3 Å². The molecule has 1 unspecified atom stereocenters. The number of aromatic nitrogens is 2. The van der Waals surface area contributed by atoms with E-state index in [-0.39, 0.29) is 5.92 Å². The van der Waals surface area contributed by atoms with Gasteiger partial charge in [-0.15, -0.1) is 11.8 Å². The van der Waals surface area contributed by atoms with Crippen molar-refractivity contribution in [3.63, 3.8) is 0 Å². The fourth-order valence-corrected chi connectivity index (χ4v) is 1.68. The zero-order chi connectivity index (χ0) is 12.7. The van der Waals surface area contributed by atoms with Crippen molar-refractivity contribution in [3.8, 4) is 0 Å². The third kappa shape index (κ3) is 5.04. The van der Waals surface area contributed by atoms with Crippen molar-refractivity contribution in [3.05, 3.63) is 12.4 Å². The third-order valence-corrected chi connectivity index (χ3v) is 3.03. The number of carbonyl (C=O) groups is 1. The molecule has 0 aliphatic heterocycles. The Labute approximate surface area is 105 Å². The van der Waals surface area contributed by atoms with Gasteiger partial charge in [0.25, 0.3) is 0 Å². The number of thioether (sulfide) groups is 1. The van der Waals surface area contributed by atoms with Gasteiger partial charge in [-0.3, -0.25) is 4.79 Å². The lowest BCUT2D eigenvalue weighted by atomic mass is 10.1. The van der Waals surface area contributed by atoms with E-state index < -0.39 is 5.97 Å². The normalized spacial score (nSPS) is 12.1. The van der Waals surface area contributed by atoms with Crippen molar-refractivity contribution in [2.24, 2.45) is 5.92 Å². The third-order valence-electron chi connectivity index (χ3n) is 2.39. The van der Waals surface area contributed by atoms with Gasteiger partial charge in [-0.1, -0.05) is 6.92 Å². The van der Waals surface area contributed by atoms with E-state index in [4.69, 9.17) is 5.11 Å². The average Bonchev–Trinajstić information content (AvgIpc) is 2.34. The number of anilines is 1. The predicted molar refractivity (Wildman–Crippen MR) is 68.3 cm³/mol. The summed E-state index contributed by atoms with van der Waals surface area (Å²) < 4.78 is 0. The Kier molecular flexibility index (Phi) is 5.76. The quantitative estimate of drug-likeness (QED) is 0.441. The van der Waals surface area contributed by atoms with Gasteiger partial charge >= 0.3 is 5.97 Å². The van der Waals surface area contributed by atoms with Crippen molar-refractivity contribution in [1.82, 2.24) is 9.97 Å². The molecule has 0 amide bonds. The van der Waals surface area contributed by atoms with Crippen LogP contribution < -0.4 is 5.32 Å². The summed E-state index contributed by atoms with van der Waals surface area (Å²) in [4.78, 5) is 18.8. The van der Waals surface area contributed by atoms with Crippen LogP contribution in [-0.2, 0) is 4.79 Å². The molecule has 1 aromatic heterocycles. The Morgan fingerprint density at radius 1 is 1.59 bits per heavy atom. The van der Waals surface area contributed by atoms with Gasteiger partial charge in [-0.2, -0.15) is 0 Å². The summed E-state index contributed by atoms with van der Waals surface area (Å²) >= 11 is 1.56. The first-order valence-corrected chi connectivity index (χ1v) is 6.68. The lowest BCUT2D eigenvalue weighted by Gasteiger charge is -2.08. The predicted octanol–water partition coefficient (Wildman–Crippen LogP) is 2.11. The van der Waals surface area contributed by atoms with Gasteiger partial charge in [0.05, 0.1) is 5.92 Å². The maximum atomic E-state index is 10.6. The van der Waals surface area contributed by atoms with Gasteiger partial charge < -0.3 is 10.4 Å². The van der Waals surface area contributed by atoms with Crippen molar-refractivity contribution in [2.45, 2.75) is 24.8 Å². The molecule has 0 saturated heterocycles. The molecular formula is C11H17N3O2S. The molecule has 0 radical (unpaired) electrons.